The van der Waals surface area contributed by atoms with Gasteiger partial charge in [-0.05, 0) is 88.8 Å². The monoisotopic (exact) mass is 696 g/mol. The van der Waals surface area contributed by atoms with E-state index in [0.717, 1.165) is 36.0 Å². The van der Waals surface area contributed by atoms with Crippen molar-refractivity contribution in [3.05, 3.63) is 94.4 Å². The van der Waals surface area contributed by atoms with Gasteiger partial charge in [-0.15, -0.1) is 0 Å². The van der Waals surface area contributed by atoms with Crippen molar-refractivity contribution in [2.45, 2.75) is 11.8 Å². The topological polar surface area (TPSA) is 180 Å². The summed E-state index contributed by atoms with van der Waals surface area (Å²) in [7, 11) is -3.03. The SMILES string of the molecule is COc1cc(/C=C2/SC(=Nc3ccc([N+](=O)[O-])cc3C)NC2=O)cc(I)c1OS(=O)(=O)c1ccc([N+](=O)[O-])cc1. The molecule has 0 spiro atoms. The molecule has 4 rings (SSSR count). The highest BCUT2D eigenvalue weighted by Crippen LogP contribution is 2.38. The number of amides is 1. The second-order valence-corrected chi connectivity index (χ2v) is 11.8. The maximum absolute atomic E-state index is 12.8. The number of benzene rings is 3. The van der Waals surface area contributed by atoms with Crippen LogP contribution in [0.25, 0.3) is 6.08 Å². The van der Waals surface area contributed by atoms with Crippen molar-refractivity contribution in [3.8, 4) is 11.5 Å². The van der Waals surface area contributed by atoms with Gasteiger partial charge in [-0.3, -0.25) is 25.0 Å². The molecule has 1 N–H and O–H groups in total. The fraction of sp³-hybridized carbons (Fsp3) is 0.0833. The number of nitrogens with one attached hydrogen (secondary N) is 1. The molecule has 0 aromatic heterocycles. The van der Waals surface area contributed by atoms with Crippen LogP contribution < -0.4 is 14.2 Å². The zero-order valence-electron chi connectivity index (χ0n) is 20.5. The molecule has 0 unspecified atom stereocenters. The molecule has 0 bridgehead atoms. The first kappa shape index (κ1) is 29.0. The second kappa shape index (κ2) is 11.6. The summed E-state index contributed by atoms with van der Waals surface area (Å²) in [6.07, 6.45) is 1.56. The van der Waals surface area contributed by atoms with Crippen molar-refractivity contribution < 1.29 is 32.0 Å². The molecule has 16 heteroatoms. The Morgan fingerprint density at radius 3 is 2.27 bits per heavy atom. The highest BCUT2D eigenvalue weighted by Gasteiger charge is 2.26. The molecule has 0 saturated carbocycles. The van der Waals surface area contributed by atoms with Gasteiger partial charge < -0.3 is 14.2 Å². The summed E-state index contributed by atoms with van der Waals surface area (Å²) in [5, 5.41) is 24.7. The van der Waals surface area contributed by atoms with Gasteiger partial charge in [0.15, 0.2) is 16.7 Å². The number of amidine groups is 1. The van der Waals surface area contributed by atoms with E-state index in [1.807, 2.05) is 22.6 Å². The van der Waals surface area contributed by atoms with Crippen LogP contribution in [0.4, 0.5) is 17.1 Å². The maximum atomic E-state index is 12.8. The molecule has 1 heterocycles. The smallest absolute Gasteiger partial charge is 0.339 e. The Balaban J connectivity index is 1.58. The third-order valence-electron chi connectivity index (χ3n) is 5.34. The van der Waals surface area contributed by atoms with Crippen molar-refractivity contribution in [3.63, 3.8) is 0 Å². The van der Waals surface area contributed by atoms with Gasteiger partial charge in [0.2, 0.25) is 0 Å². The number of hydrogen-bond donors (Lipinski definition) is 1. The summed E-state index contributed by atoms with van der Waals surface area (Å²) >= 11 is 2.92. The number of nitrogens with zero attached hydrogens (tertiary/aromatic N) is 3. The minimum atomic E-state index is -4.35. The van der Waals surface area contributed by atoms with Crippen molar-refractivity contribution in [1.29, 1.82) is 0 Å². The average Bonchev–Trinajstić information content (AvgIpc) is 3.24. The Hall–Kier alpha value is -4.03. The molecule has 0 radical (unpaired) electrons. The van der Waals surface area contributed by atoms with E-state index in [2.05, 4.69) is 10.3 Å². The fourth-order valence-electron chi connectivity index (χ4n) is 3.42. The van der Waals surface area contributed by atoms with Crippen LogP contribution in [0.1, 0.15) is 11.1 Å². The Morgan fingerprint density at radius 2 is 1.68 bits per heavy atom. The number of hydrogen-bond acceptors (Lipinski definition) is 11. The molecule has 3 aromatic rings. The maximum Gasteiger partial charge on any atom is 0.339 e. The molecule has 0 atom stereocenters. The second-order valence-electron chi connectivity index (χ2n) is 8.03. The van der Waals surface area contributed by atoms with Gasteiger partial charge in [-0.25, -0.2) is 4.99 Å². The predicted molar refractivity (Wildman–Crippen MR) is 155 cm³/mol. The lowest BCUT2D eigenvalue weighted by atomic mass is 10.2. The van der Waals surface area contributed by atoms with E-state index < -0.39 is 25.9 Å². The molecule has 1 aliphatic heterocycles. The lowest BCUT2D eigenvalue weighted by Gasteiger charge is -2.13. The van der Waals surface area contributed by atoms with Gasteiger partial charge in [-0.2, -0.15) is 8.42 Å². The largest absolute Gasteiger partial charge is 0.493 e. The number of aliphatic imine (C=N–C) groups is 1. The number of ether oxygens (including phenoxy) is 1. The molecule has 1 amide bonds. The zero-order valence-corrected chi connectivity index (χ0v) is 24.3. The Kier molecular flexibility index (Phi) is 8.40. The first-order chi connectivity index (χ1) is 18.9. The highest BCUT2D eigenvalue weighted by atomic mass is 127. The predicted octanol–water partition coefficient (Wildman–Crippen LogP) is 5.08. The van der Waals surface area contributed by atoms with Crippen molar-refractivity contribution >= 4 is 78.7 Å². The van der Waals surface area contributed by atoms with Gasteiger partial charge >= 0.3 is 10.1 Å². The number of carbonyl (C=O) groups is 1. The minimum absolute atomic E-state index is 0.0679. The lowest BCUT2D eigenvalue weighted by Crippen LogP contribution is -2.19. The molecule has 1 fully saturated rings. The van der Waals surface area contributed by atoms with Gasteiger partial charge in [0.25, 0.3) is 17.3 Å². The van der Waals surface area contributed by atoms with Crippen LogP contribution in [-0.2, 0) is 14.9 Å². The van der Waals surface area contributed by atoms with E-state index in [1.165, 1.54) is 31.4 Å². The number of methoxy groups -OCH3 is 1. The number of rotatable bonds is 8. The van der Waals surface area contributed by atoms with E-state index in [1.54, 1.807) is 19.1 Å². The van der Waals surface area contributed by atoms with Gasteiger partial charge in [-0.1, -0.05) is 0 Å². The first-order valence-electron chi connectivity index (χ1n) is 11.0. The van der Waals surface area contributed by atoms with Gasteiger partial charge in [0.1, 0.15) is 4.90 Å². The number of aryl methyl sites for hydroxylation is 1. The number of nitro benzene ring substituents is 2. The normalized spacial score (nSPS) is 15.2. The number of carbonyl (C=O) groups excluding carboxylic acids is 1. The van der Waals surface area contributed by atoms with Crippen LogP contribution in [-0.4, -0.2) is 36.4 Å². The van der Waals surface area contributed by atoms with E-state index in [4.69, 9.17) is 8.92 Å². The van der Waals surface area contributed by atoms with Crippen LogP contribution in [0.2, 0.25) is 0 Å². The van der Waals surface area contributed by atoms with Crippen molar-refractivity contribution in [1.82, 2.24) is 5.32 Å². The van der Waals surface area contributed by atoms with Crippen molar-refractivity contribution in [2.24, 2.45) is 4.99 Å². The molecule has 13 nitrogen and oxygen atoms in total. The summed E-state index contributed by atoms with van der Waals surface area (Å²) in [4.78, 5) is 37.6. The van der Waals surface area contributed by atoms with Crippen LogP contribution in [0.5, 0.6) is 11.5 Å². The van der Waals surface area contributed by atoms with Crippen LogP contribution in [0.3, 0.4) is 0 Å². The van der Waals surface area contributed by atoms with Crippen LogP contribution in [0.15, 0.2) is 69.4 Å². The van der Waals surface area contributed by atoms with E-state index in [-0.39, 0.29) is 32.9 Å². The molecule has 0 aliphatic carbocycles. The highest BCUT2D eigenvalue weighted by molar-refractivity contribution is 14.1. The molecular formula is C24H17IN4O9S2. The zero-order chi connectivity index (χ0) is 29.2. The quantitative estimate of drug-likeness (QED) is 0.110. The minimum Gasteiger partial charge on any atom is -0.493 e. The molecular weight excluding hydrogens is 679 g/mol. The first-order valence-corrected chi connectivity index (χ1v) is 14.3. The standard InChI is InChI=1S/C24H17IN4O9S2/c1-13-9-16(29(33)34)5-8-19(13)26-24-27-23(30)21(39-24)12-14-10-18(25)22(20(11-14)37-2)38-40(35,36)17-6-3-15(4-7-17)28(31)32/h3-12H,1-2H3,(H,26,27,30)/b21-12+. The third-order valence-corrected chi connectivity index (χ3v) is 8.29. The number of thioether (sulfide) groups is 1. The summed E-state index contributed by atoms with van der Waals surface area (Å²) in [5.74, 6) is -0.440. The Morgan fingerprint density at radius 1 is 1.02 bits per heavy atom. The third kappa shape index (κ3) is 6.40. The number of non-ortho nitro benzene ring substituents is 2. The van der Waals surface area contributed by atoms with E-state index in [9.17, 15) is 33.4 Å². The molecule has 3 aromatic carbocycles. The Labute approximate surface area is 244 Å². The molecule has 206 valence electrons. The summed E-state index contributed by atoms with van der Waals surface area (Å²) in [5.41, 5.74) is 1.19. The molecule has 1 saturated heterocycles. The molecule has 40 heavy (non-hydrogen) atoms. The van der Waals surface area contributed by atoms with Gasteiger partial charge in [0, 0.05) is 24.3 Å². The molecule has 1 aliphatic rings. The van der Waals surface area contributed by atoms with Gasteiger partial charge in [0.05, 0.1) is 31.1 Å². The summed E-state index contributed by atoms with van der Waals surface area (Å²) in [6.45, 7) is 1.67. The van der Waals surface area contributed by atoms with E-state index >= 15 is 0 Å². The average molecular weight is 696 g/mol. The van der Waals surface area contributed by atoms with Crippen molar-refractivity contribution in [2.75, 3.05) is 7.11 Å². The summed E-state index contributed by atoms with van der Waals surface area (Å²) < 4.78 is 36.6. The van der Waals surface area contributed by atoms with Crippen LogP contribution in [0, 0.1) is 30.7 Å². The van der Waals surface area contributed by atoms with Crippen LogP contribution >= 0.6 is 34.4 Å². The number of nitro groups is 2. The summed E-state index contributed by atoms with van der Waals surface area (Å²) in [6, 6.07) is 11.5. The fourth-order valence-corrected chi connectivity index (χ4v) is 6.09. The Bertz CT molecular complexity index is 1720. The van der Waals surface area contributed by atoms with E-state index in [0.29, 0.717) is 25.3 Å². The lowest BCUT2D eigenvalue weighted by molar-refractivity contribution is -0.385. The number of halogens is 1.